The molecule has 0 saturated heterocycles. The van der Waals surface area contributed by atoms with Crippen molar-refractivity contribution in [1.82, 2.24) is 14.8 Å². The number of nitrogens with one attached hydrogen (secondary N) is 1. The van der Waals surface area contributed by atoms with Gasteiger partial charge in [0.25, 0.3) is 0 Å². The SMILES string of the molecule is CC(C)n1cc(Oc2cc3[nH]c(=O)oc3cc2N)cn1. The molecule has 1 aromatic carbocycles. The molecule has 3 aromatic rings. The van der Waals surface area contributed by atoms with E-state index in [0.717, 1.165) is 0 Å². The minimum absolute atomic E-state index is 0.248. The number of rotatable bonds is 3. The van der Waals surface area contributed by atoms with Crippen LogP contribution in [0.2, 0.25) is 0 Å². The number of aromatic amines is 1. The topological polar surface area (TPSA) is 99.1 Å². The van der Waals surface area contributed by atoms with Gasteiger partial charge in [-0.25, -0.2) is 4.79 Å². The number of anilines is 1. The molecule has 104 valence electrons. The van der Waals surface area contributed by atoms with E-state index in [2.05, 4.69) is 10.1 Å². The first-order valence-electron chi connectivity index (χ1n) is 6.17. The summed E-state index contributed by atoms with van der Waals surface area (Å²) in [6, 6.07) is 3.43. The van der Waals surface area contributed by atoms with Gasteiger partial charge in [-0.1, -0.05) is 0 Å². The third-order valence-electron chi connectivity index (χ3n) is 2.89. The van der Waals surface area contributed by atoms with Crippen LogP contribution in [0.15, 0.2) is 33.7 Å². The Kier molecular flexibility index (Phi) is 2.74. The normalized spacial score (nSPS) is 11.3. The fourth-order valence-corrected chi connectivity index (χ4v) is 1.86. The summed E-state index contributed by atoms with van der Waals surface area (Å²) in [7, 11) is 0. The fraction of sp³-hybridized carbons (Fsp3) is 0.231. The predicted molar refractivity (Wildman–Crippen MR) is 73.9 cm³/mol. The molecule has 0 aliphatic carbocycles. The highest BCUT2D eigenvalue weighted by Gasteiger charge is 2.10. The van der Waals surface area contributed by atoms with Gasteiger partial charge in [0.1, 0.15) is 0 Å². The number of aromatic nitrogens is 3. The largest absolute Gasteiger partial charge is 0.452 e. The van der Waals surface area contributed by atoms with Gasteiger partial charge < -0.3 is 14.9 Å². The quantitative estimate of drug-likeness (QED) is 0.714. The molecule has 0 aliphatic rings. The van der Waals surface area contributed by atoms with Gasteiger partial charge in [0.05, 0.1) is 23.6 Å². The van der Waals surface area contributed by atoms with Crippen molar-refractivity contribution in [3.63, 3.8) is 0 Å². The molecule has 0 atom stereocenters. The number of nitrogens with two attached hydrogens (primary N) is 1. The molecule has 3 rings (SSSR count). The van der Waals surface area contributed by atoms with Gasteiger partial charge in [0, 0.05) is 18.2 Å². The lowest BCUT2D eigenvalue weighted by Crippen LogP contribution is -1.99. The summed E-state index contributed by atoms with van der Waals surface area (Å²) in [4.78, 5) is 13.7. The zero-order valence-electron chi connectivity index (χ0n) is 11.1. The molecule has 0 radical (unpaired) electrons. The molecule has 7 heteroatoms. The van der Waals surface area contributed by atoms with Crippen LogP contribution < -0.4 is 16.2 Å². The van der Waals surface area contributed by atoms with Crippen molar-refractivity contribution in [2.45, 2.75) is 19.9 Å². The van der Waals surface area contributed by atoms with Crippen molar-refractivity contribution in [1.29, 1.82) is 0 Å². The van der Waals surface area contributed by atoms with E-state index in [1.807, 2.05) is 13.8 Å². The Morgan fingerprint density at radius 2 is 2.25 bits per heavy atom. The van der Waals surface area contributed by atoms with Gasteiger partial charge in [0.2, 0.25) is 0 Å². The zero-order chi connectivity index (χ0) is 14.3. The first kappa shape index (κ1) is 12.3. The number of H-pyrrole nitrogens is 1. The van der Waals surface area contributed by atoms with Crippen molar-refractivity contribution >= 4 is 16.8 Å². The highest BCUT2D eigenvalue weighted by molar-refractivity contribution is 5.80. The van der Waals surface area contributed by atoms with E-state index >= 15 is 0 Å². The van der Waals surface area contributed by atoms with Crippen LogP contribution >= 0.6 is 0 Å². The van der Waals surface area contributed by atoms with Crippen LogP contribution in [0.1, 0.15) is 19.9 Å². The number of benzene rings is 1. The van der Waals surface area contributed by atoms with Crippen LogP contribution in [0.4, 0.5) is 5.69 Å². The van der Waals surface area contributed by atoms with E-state index in [1.165, 1.54) is 0 Å². The van der Waals surface area contributed by atoms with E-state index < -0.39 is 5.76 Å². The molecule has 0 amide bonds. The van der Waals surface area contributed by atoms with Gasteiger partial charge in [-0.15, -0.1) is 0 Å². The van der Waals surface area contributed by atoms with Gasteiger partial charge in [-0.2, -0.15) is 5.10 Å². The third-order valence-corrected chi connectivity index (χ3v) is 2.89. The van der Waals surface area contributed by atoms with E-state index in [-0.39, 0.29) is 6.04 Å². The summed E-state index contributed by atoms with van der Waals surface area (Å²) in [5, 5.41) is 4.18. The summed E-state index contributed by atoms with van der Waals surface area (Å²) < 4.78 is 12.4. The van der Waals surface area contributed by atoms with Crippen molar-refractivity contribution in [2.75, 3.05) is 5.73 Å². The Morgan fingerprint density at radius 3 is 2.95 bits per heavy atom. The van der Waals surface area contributed by atoms with Gasteiger partial charge in [0.15, 0.2) is 17.1 Å². The number of ether oxygens (including phenoxy) is 1. The molecule has 0 aliphatic heterocycles. The highest BCUT2D eigenvalue weighted by atomic mass is 16.5. The number of nitrogen functional groups attached to an aromatic ring is 1. The maximum Gasteiger partial charge on any atom is 0.417 e. The average molecular weight is 274 g/mol. The Morgan fingerprint density at radius 1 is 1.45 bits per heavy atom. The lowest BCUT2D eigenvalue weighted by Gasteiger charge is -2.06. The Labute approximate surface area is 114 Å². The van der Waals surface area contributed by atoms with Gasteiger partial charge >= 0.3 is 5.76 Å². The van der Waals surface area contributed by atoms with Crippen LogP contribution in [-0.2, 0) is 0 Å². The molecule has 0 saturated carbocycles. The molecular weight excluding hydrogens is 260 g/mol. The van der Waals surface area contributed by atoms with Crippen molar-refractivity contribution < 1.29 is 9.15 Å². The molecule has 3 N–H and O–H groups in total. The summed E-state index contributed by atoms with van der Waals surface area (Å²) in [6.07, 6.45) is 3.40. The van der Waals surface area contributed by atoms with Crippen LogP contribution in [0.5, 0.6) is 11.5 Å². The second-order valence-corrected chi connectivity index (χ2v) is 4.75. The van der Waals surface area contributed by atoms with E-state index in [1.54, 1.807) is 29.2 Å². The molecule has 2 aromatic heterocycles. The third kappa shape index (κ3) is 2.13. The number of nitrogens with zero attached hydrogens (tertiary/aromatic N) is 2. The Bertz CT molecular complexity index is 812. The van der Waals surface area contributed by atoms with E-state index in [4.69, 9.17) is 14.9 Å². The van der Waals surface area contributed by atoms with E-state index in [9.17, 15) is 4.79 Å². The number of hydrogen-bond acceptors (Lipinski definition) is 5. The number of hydrogen-bond donors (Lipinski definition) is 2. The van der Waals surface area contributed by atoms with Crippen molar-refractivity contribution in [3.8, 4) is 11.5 Å². The van der Waals surface area contributed by atoms with Crippen LogP contribution in [0.25, 0.3) is 11.1 Å². The number of fused-ring (bicyclic) bond motifs is 1. The molecule has 20 heavy (non-hydrogen) atoms. The first-order chi connectivity index (χ1) is 9.52. The first-order valence-corrected chi connectivity index (χ1v) is 6.17. The molecular formula is C13H14N4O3. The molecule has 0 spiro atoms. The minimum Gasteiger partial charge on any atom is -0.452 e. The molecule has 0 bridgehead atoms. The summed E-state index contributed by atoms with van der Waals surface area (Å²) in [6.45, 7) is 4.04. The van der Waals surface area contributed by atoms with E-state index in [0.29, 0.717) is 28.3 Å². The minimum atomic E-state index is -0.524. The smallest absolute Gasteiger partial charge is 0.417 e. The molecule has 0 unspecified atom stereocenters. The van der Waals surface area contributed by atoms with Crippen molar-refractivity contribution in [2.24, 2.45) is 0 Å². The Hall–Kier alpha value is -2.70. The molecule has 7 nitrogen and oxygen atoms in total. The van der Waals surface area contributed by atoms with Crippen LogP contribution in [0, 0.1) is 0 Å². The maximum absolute atomic E-state index is 11.1. The molecule has 2 heterocycles. The number of oxazole rings is 1. The second-order valence-electron chi connectivity index (χ2n) is 4.75. The average Bonchev–Trinajstić information content (AvgIpc) is 2.95. The standard InChI is InChI=1S/C13H14N4O3/c1-7(2)17-6-8(5-15-17)19-11-4-10-12(3-9(11)14)20-13(18)16-10/h3-7H,14H2,1-2H3,(H,16,18). The second kappa shape index (κ2) is 4.44. The van der Waals surface area contributed by atoms with Gasteiger partial charge in [-0.3, -0.25) is 9.67 Å². The van der Waals surface area contributed by atoms with Crippen LogP contribution in [-0.4, -0.2) is 14.8 Å². The zero-order valence-corrected chi connectivity index (χ0v) is 11.1. The highest BCUT2D eigenvalue weighted by Crippen LogP contribution is 2.30. The summed E-state index contributed by atoms with van der Waals surface area (Å²) in [5.41, 5.74) is 7.21. The monoisotopic (exact) mass is 274 g/mol. The predicted octanol–water partition coefficient (Wildman–Crippen LogP) is 2.27. The lowest BCUT2D eigenvalue weighted by atomic mass is 10.2. The Balaban J connectivity index is 1.96. The summed E-state index contributed by atoms with van der Waals surface area (Å²) >= 11 is 0. The molecule has 0 fully saturated rings. The van der Waals surface area contributed by atoms with Crippen molar-refractivity contribution in [3.05, 3.63) is 35.1 Å². The van der Waals surface area contributed by atoms with Gasteiger partial charge in [-0.05, 0) is 13.8 Å². The van der Waals surface area contributed by atoms with Crippen LogP contribution in [0.3, 0.4) is 0 Å². The fourth-order valence-electron chi connectivity index (χ4n) is 1.86. The lowest BCUT2D eigenvalue weighted by molar-refractivity contribution is 0.479. The maximum atomic E-state index is 11.1. The summed E-state index contributed by atoms with van der Waals surface area (Å²) in [5.74, 6) is 0.498.